The van der Waals surface area contributed by atoms with Crippen LogP contribution < -0.4 is 20.5 Å². The first kappa shape index (κ1) is 20.6. The van der Waals surface area contributed by atoms with E-state index in [4.69, 9.17) is 26.8 Å². The molecule has 140 valence electrons. The summed E-state index contributed by atoms with van der Waals surface area (Å²) >= 11 is 5.93. The van der Waals surface area contributed by atoms with Crippen molar-refractivity contribution in [1.29, 1.82) is 0 Å². The SMILES string of the molecule is COc1ccc(OC)c(NC(N)=NC2CC(c3ccc(Cl)cc3)C2)c1.I. The van der Waals surface area contributed by atoms with E-state index in [0.717, 1.165) is 29.3 Å². The molecule has 0 heterocycles. The molecule has 2 aromatic rings. The zero-order valence-corrected chi connectivity index (χ0v) is 17.8. The minimum atomic E-state index is 0. The van der Waals surface area contributed by atoms with Gasteiger partial charge in [-0.2, -0.15) is 0 Å². The number of methoxy groups -OCH3 is 2. The zero-order valence-electron chi connectivity index (χ0n) is 14.7. The largest absolute Gasteiger partial charge is 0.497 e. The first-order chi connectivity index (χ1) is 12.1. The fourth-order valence-corrected chi connectivity index (χ4v) is 3.11. The Morgan fingerprint density at radius 3 is 2.42 bits per heavy atom. The number of aliphatic imine (C=N–C) groups is 1. The summed E-state index contributed by atoms with van der Waals surface area (Å²) in [5.41, 5.74) is 8.10. The second kappa shape index (κ2) is 9.32. The Morgan fingerprint density at radius 1 is 1.12 bits per heavy atom. The molecule has 0 unspecified atom stereocenters. The molecule has 0 saturated heterocycles. The fraction of sp³-hybridized carbons (Fsp3) is 0.316. The highest BCUT2D eigenvalue weighted by Crippen LogP contribution is 2.39. The molecule has 26 heavy (non-hydrogen) atoms. The number of benzene rings is 2. The summed E-state index contributed by atoms with van der Waals surface area (Å²) in [4.78, 5) is 4.56. The number of ether oxygens (including phenoxy) is 2. The van der Waals surface area contributed by atoms with Crippen molar-refractivity contribution in [3.05, 3.63) is 53.1 Å². The Labute approximate surface area is 175 Å². The number of nitrogens with two attached hydrogens (primary N) is 1. The molecule has 0 radical (unpaired) electrons. The third-order valence-corrected chi connectivity index (χ3v) is 4.70. The van der Waals surface area contributed by atoms with Crippen LogP contribution in [0.3, 0.4) is 0 Å². The van der Waals surface area contributed by atoms with Gasteiger partial charge in [-0.15, -0.1) is 24.0 Å². The van der Waals surface area contributed by atoms with E-state index in [-0.39, 0.29) is 30.0 Å². The van der Waals surface area contributed by atoms with Crippen LogP contribution in [0.1, 0.15) is 24.3 Å². The van der Waals surface area contributed by atoms with Gasteiger partial charge in [0.05, 0.1) is 25.9 Å². The van der Waals surface area contributed by atoms with Crippen molar-refractivity contribution in [1.82, 2.24) is 0 Å². The second-order valence-corrected chi connectivity index (χ2v) is 6.52. The van der Waals surface area contributed by atoms with Crippen molar-refractivity contribution in [3.63, 3.8) is 0 Å². The van der Waals surface area contributed by atoms with Crippen LogP contribution in [-0.4, -0.2) is 26.2 Å². The monoisotopic (exact) mass is 487 g/mol. The van der Waals surface area contributed by atoms with Gasteiger partial charge in [-0.25, -0.2) is 4.99 Å². The van der Waals surface area contributed by atoms with Crippen LogP contribution in [-0.2, 0) is 0 Å². The van der Waals surface area contributed by atoms with Crippen molar-refractivity contribution < 1.29 is 9.47 Å². The van der Waals surface area contributed by atoms with Gasteiger partial charge in [0.2, 0.25) is 0 Å². The predicted octanol–water partition coefficient (Wildman–Crippen LogP) is 4.65. The predicted molar refractivity (Wildman–Crippen MR) is 117 cm³/mol. The normalized spacial score (nSPS) is 19.1. The summed E-state index contributed by atoms with van der Waals surface area (Å²) in [6.45, 7) is 0. The molecule has 0 bridgehead atoms. The molecule has 0 atom stereocenters. The molecule has 1 aliphatic carbocycles. The van der Waals surface area contributed by atoms with Crippen LogP contribution in [0.4, 0.5) is 5.69 Å². The number of nitrogens with zero attached hydrogens (tertiary/aromatic N) is 1. The van der Waals surface area contributed by atoms with Crippen LogP contribution in [0, 0.1) is 0 Å². The Bertz CT molecular complexity index is 762. The van der Waals surface area contributed by atoms with Crippen molar-refractivity contribution >= 4 is 47.2 Å². The second-order valence-electron chi connectivity index (χ2n) is 6.08. The van der Waals surface area contributed by atoms with Gasteiger partial charge in [-0.05, 0) is 48.6 Å². The highest BCUT2D eigenvalue weighted by molar-refractivity contribution is 14.0. The van der Waals surface area contributed by atoms with E-state index < -0.39 is 0 Å². The summed E-state index contributed by atoms with van der Waals surface area (Å²) in [7, 11) is 3.23. The van der Waals surface area contributed by atoms with E-state index in [9.17, 15) is 0 Å². The maximum Gasteiger partial charge on any atom is 0.193 e. The molecule has 7 heteroatoms. The van der Waals surface area contributed by atoms with Crippen molar-refractivity contribution in [3.8, 4) is 11.5 Å². The Morgan fingerprint density at radius 2 is 1.81 bits per heavy atom. The van der Waals surface area contributed by atoms with Crippen LogP contribution in [0.15, 0.2) is 47.5 Å². The molecule has 5 nitrogen and oxygen atoms in total. The van der Waals surface area contributed by atoms with E-state index >= 15 is 0 Å². The molecule has 0 aliphatic heterocycles. The van der Waals surface area contributed by atoms with Crippen LogP contribution in [0.25, 0.3) is 0 Å². The lowest BCUT2D eigenvalue weighted by Crippen LogP contribution is -2.31. The molecule has 1 fully saturated rings. The van der Waals surface area contributed by atoms with Crippen LogP contribution in [0.2, 0.25) is 5.02 Å². The third-order valence-electron chi connectivity index (χ3n) is 4.45. The summed E-state index contributed by atoms with van der Waals surface area (Å²) in [6.07, 6.45) is 1.97. The van der Waals surface area contributed by atoms with Gasteiger partial charge in [-0.1, -0.05) is 23.7 Å². The summed E-state index contributed by atoms with van der Waals surface area (Å²) in [5, 5.41) is 3.86. The molecule has 1 aliphatic rings. The standard InChI is InChI=1S/C19H22ClN3O2.HI/c1-24-16-7-8-18(25-2)17(11-16)23-19(21)22-15-9-13(10-15)12-3-5-14(20)6-4-12;/h3-8,11,13,15H,9-10H2,1-2H3,(H3,21,22,23);1H. The number of rotatable bonds is 5. The van der Waals surface area contributed by atoms with Gasteiger partial charge in [0, 0.05) is 11.1 Å². The lowest BCUT2D eigenvalue weighted by Gasteiger charge is -2.33. The number of halogens is 2. The average Bonchev–Trinajstić information content (AvgIpc) is 2.58. The number of hydrogen-bond acceptors (Lipinski definition) is 3. The molecule has 0 spiro atoms. The van der Waals surface area contributed by atoms with Gasteiger partial charge < -0.3 is 20.5 Å². The molecular formula is C19H23ClIN3O2. The molecule has 3 N–H and O–H groups in total. The summed E-state index contributed by atoms with van der Waals surface area (Å²) < 4.78 is 10.6. The van der Waals surface area contributed by atoms with Gasteiger partial charge in [0.15, 0.2) is 5.96 Å². The highest BCUT2D eigenvalue weighted by Gasteiger charge is 2.30. The van der Waals surface area contributed by atoms with Crippen LogP contribution in [0.5, 0.6) is 11.5 Å². The lowest BCUT2D eigenvalue weighted by atomic mass is 9.76. The van der Waals surface area contributed by atoms with E-state index in [1.165, 1.54) is 5.56 Å². The number of hydrogen-bond donors (Lipinski definition) is 2. The van der Waals surface area contributed by atoms with Gasteiger partial charge in [0.25, 0.3) is 0 Å². The molecule has 0 aromatic heterocycles. The van der Waals surface area contributed by atoms with Gasteiger partial charge in [0.1, 0.15) is 11.5 Å². The zero-order chi connectivity index (χ0) is 17.8. The molecular weight excluding hydrogens is 465 g/mol. The van der Waals surface area contributed by atoms with Crippen molar-refractivity contribution in [2.24, 2.45) is 10.7 Å². The molecule has 3 rings (SSSR count). The Kier molecular flexibility index (Phi) is 7.40. The van der Waals surface area contributed by atoms with E-state index in [1.807, 2.05) is 30.3 Å². The Hall–Kier alpha value is -1.67. The maximum absolute atomic E-state index is 6.06. The number of nitrogens with one attached hydrogen (secondary N) is 1. The first-order valence-electron chi connectivity index (χ1n) is 8.17. The van der Waals surface area contributed by atoms with E-state index in [1.54, 1.807) is 14.2 Å². The fourth-order valence-electron chi connectivity index (χ4n) is 2.98. The molecule has 2 aromatic carbocycles. The third kappa shape index (κ3) is 4.94. The average molecular weight is 488 g/mol. The Balaban J connectivity index is 0.00000243. The van der Waals surface area contributed by atoms with Gasteiger partial charge >= 0.3 is 0 Å². The summed E-state index contributed by atoms with van der Waals surface area (Å²) in [5.74, 6) is 2.31. The quantitative estimate of drug-likeness (QED) is 0.366. The summed E-state index contributed by atoms with van der Waals surface area (Å²) in [6, 6.07) is 13.7. The lowest BCUT2D eigenvalue weighted by molar-refractivity contribution is 0.353. The van der Waals surface area contributed by atoms with Crippen LogP contribution >= 0.6 is 35.6 Å². The van der Waals surface area contributed by atoms with Crippen molar-refractivity contribution in [2.45, 2.75) is 24.8 Å². The van der Waals surface area contributed by atoms with E-state index in [2.05, 4.69) is 22.4 Å². The minimum Gasteiger partial charge on any atom is -0.497 e. The maximum atomic E-state index is 6.06. The van der Waals surface area contributed by atoms with E-state index in [0.29, 0.717) is 17.6 Å². The topological polar surface area (TPSA) is 68.9 Å². The van der Waals surface area contributed by atoms with Crippen molar-refractivity contribution in [2.75, 3.05) is 19.5 Å². The number of guanidine groups is 1. The minimum absolute atomic E-state index is 0. The molecule has 0 amide bonds. The molecule has 1 saturated carbocycles. The highest BCUT2D eigenvalue weighted by atomic mass is 127. The van der Waals surface area contributed by atoms with Gasteiger partial charge in [-0.3, -0.25) is 0 Å². The first-order valence-corrected chi connectivity index (χ1v) is 8.54. The smallest absolute Gasteiger partial charge is 0.193 e. The number of anilines is 1.